The molecule has 0 saturated carbocycles. The molecule has 3 rings (SSSR count). The van der Waals surface area contributed by atoms with Gasteiger partial charge in [-0.3, -0.25) is 14.4 Å². The molecule has 2 aromatic carbocycles. The molecule has 13 heteroatoms. The Morgan fingerprint density at radius 1 is 1.05 bits per heavy atom. The minimum atomic E-state index is -0.712. The number of benzene rings is 2. The Labute approximate surface area is 244 Å². The fourth-order valence-corrected chi connectivity index (χ4v) is 3.77. The summed E-state index contributed by atoms with van der Waals surface area (Å²) in [5.41, 5.74) is 2.68. The standard InChI is InChI=1S/C29H35N7O6/c1-19(42-18-38)28(40)33-24-16-25(26(41-4)17-23(24)31-11-5-14-36(2)3)35-29-32-12-10-22(34-29)27(39)20-6-8-21(9-7-20)30-13-15-37/h6-10,12,16-18,30-31,37H,1,5,11,13-15H2,2-4H3,(H,33,40)(H,32,34,35). The first-order valence-electron chi connectivity index (χ1n) is 13.1. The second-order valence-electron chi connectivity index (χ2n) is 9.22. The van der Waals surface area contributed by atoms with Crippen LogP contribution in [0.2, 0.25) is 0 Å². The van der Waals surface area contributed by atoms with Crippen LogP contribution in [0.5, 0.6) is 5.75 Å². The third-order valence-corrected chi connectivity index (χ3v) is 5.85. The molecule has 0 bridgehead atoms. The van der Waals surface area contributed by atoms with E-state index in [1.54, 1.807) is 36.4 Å². The number of nitrogens with zero attached hydrogens (tertiary/aromatic N) is 3. The number of methoxy groups -OCH3 is 1. The molecule has 1 heterocycles. The number of aliphatic hydroxyl groups excluding tert-OH is 1. The second kappa shape index (κ2) is 15.7. The molecule has 0 aliphatic rings. The first-order chi connectivity index (χ1) is 20.2. The largest absolute Gasteiger partial charge is 0.494 e. The lowest BCUT2D eigenvalue weighted by Crippen LogP contribution is -2.19. The van der Waals surface area contributed by atoms with Gasteiger partial charge in [-0.2, -0.15) is 0 Å². The molecular weight excluding hydrogens is 542 g/mol. The van der Waals surface area contributed by atoms with Crippen molar-refractivity contribution in [2.45, 2.75) is 6.42 Å². The van der Waals surface area contributed by atoms with Gasteiger partial charge in [0.1, 0.15) is 11.4 Å². The topological polar surface area (TPSA) is 167 Å². The van der Waals surface area contributed by atoms with Crippen molar-refractivity contribution in [2.75, 3.05) is 68.7 Å². The number of carbonyl (C=O) groups excluding carboxylic acids is 3. The molecule has 0 aliphatic heterocycles. The zero-order valence-electron chi connectivity index (χ0n) is 23.8. The molecule has 1 aromatic heterocycles. The molecule has 0 atom stereocenters. The summed E-state index contributed by atoms with van der Waals surface area (Å²) >= 11 is 0. The number of hydrogen-bond donors (Lipinski definition) is 5. The number of amides is 1. The average Bonchev–Trinajstić information content (AvgIpc) is 2.99. The number of aromatic nitrogens is 2. The number of hydrogen-bond acceptors (Lipinski definition) is 12. The van der Waals surface area contributed by atoms with Gasteiger partial charge in [0.15, 0.2) is 5.76 Å². The number of anilines is 5. The molecule has 3 aromatic rings. The molecule has 0 unspecified atom stereocenters. The Kier molecular flexibility index (Phi) is 11.8. The van der Waals surface area contributed by atoms with E-state index >= 15 is 0 Å². The van der Waals surface area contributed by atoms with Gasteiger partial charge in [-0.1, -0.05) is 6.58 Å². The van der Waals surface area contributed by atoms with E-state index in [-0.39, 0.29) is 36.3 Å². The van der Waals surface area contributed by atoms with Gasteiger partial charge in [0.25, 0.3) is 12.4 Å². The van der Waals surface area contributed by atoms with Crippen molar-refractivity contribution in [1.82, 2.24) is 14.9 Å². The summed E-state index contributed by atoms with van der Waals surface area (Å²) in [6.07, 6.45) is 2.29. The summed E-state index contributed by atoms with van der Waals surface area (Å²) in [6.45, 7) is 5.44. The SMILES string of the molecule is C=C(OC=O)C(=O)Nc1cc(Nc2nccc(C(=O)c3ccc(NCCO)cc3)n2)c(OC)cc1NCCCN(C)C. The number of nitrogens with one attached hydrogen (secondary N) is 4. The Morgan fingerprint density at radius 2 is 1.81 bits per heavy atom. The van der Waals surface area contributed by atoms with Gasteiger partial charge >= 0.3 is 0 Å². The van der Waals surface area contributed by atoms with Crippen LogP contribution in [0.4, 0.5) is 28.7 Å². The van der Waals surface area contributed by atoms with Gasteiger partial charge in [0.05, 0.1) is 30.8 Å². The smallest absolute Gasteiger partial charge is 0.298 e. The lowest BCUT2D eigenvalue weighted by Gasteiger charge is -2.19. The number of aliphatic hydroxyl groups is 1. The van der Waals surface area contributed by atoms with Crippen molar-refractivity contribution in [3.63, 3.8) is 0 Å². The highest BCUT2D eigenvalue weighted by molar-refractivity contribution is 6.08. The molecule has 1 amide bonds. The quantitative estimate of drug-likeness (QED) is 0.0524. The zero-order chi connectivity index (χ0) is 30.5. The van der Waals surface area contributed by atoms with Gasteiger partial charge < -0.3 is 40.7 Å². The molecule has 0 saturated heterocycles. The Bertz CT molecular complexity index is 1400. The third kappa shape index (κ3) is 9.01. The highest BCUT2D eigenvalue weighted by Crippen LogP contribution is 2.36. The van der Waals surface area contributed by atoms with Crippen LogP contribution in [-0.4, -0.2) is 85.6 Å². The molecule has 13 nitrogen and oxygen atoms in total. The van der Waals surface area contributed by atoms with Gasteiger partial charge in [0, 0.05) is 36.6 Å². The first-order valence-corrected chi connectivity index (χ1v) is 13.1. The summed E-state index contributed by atoms with van der Waals surface area (Å²) in [4.78, 5) is 47.0. The number of rotatable bonds is 17. The first kappa shape index (κ1) is 31.5. The van der Waals surface area contributed by atoms with Crippen LogP contribution >= 0.6 is 0 Å². The van der Waals surface area contributed by atoms with Crippen molar-refractivity contribution in [3.05, 3.63) is 72.3 Å². The maximum absolute atomic E-state index is 13.1. The molecular formula is C29H35N7O6. The summed E-state index contributed by atoms with van der Waals surface area (Å²) in [7, 11) is 5.45. The summed E-state index contributed by atoms with van der Waals surface area (Å²) < 4.78 is 10.2. The maximum atomic E-state index is 13.1. The van der Waals surface area contributed by atoms with Crippen LogP contribution in [0.1, 0.15) is 22.5 Å². The second-order valence-corrected chi connectivity index (χ2v) is 9.22. The van der Waals surface area contributed by atoms with E-state index in [0.29, 0.717) is 41.5 Å². The van der Waals surface area contributed by atoms with Crippen molar-refractivity contribution < 1.29 is 29.0 Å². The van der Waals surface area contributed by atoms with Crippen molar-refractivity contribution >= 4 is 46.9 Å². The monoisotopic (exact) mass is 577 g/mol. The highest BCUT2D eigenvalue weighted by Gasteiger charge is 2.17. The van der Waals surface area contributed by atoms with Crippen LogP contribution < -0.4 is 26.0 Å². The van der Waals surface area contributed by atoms with E-state index in [1.165, 1.54) is 19.4 Å². The molecule has 5 N–H and O–H groups in total. The summed E-state index contributed by atoms with van der Waals surface area (Å²) in [5.74, 6) is -0.855. The van der Waals surface area contributed by atoms with E-state index in [2.05, 4.69) is 47.5 Å². The maximum Gasteiger partial charge on any atom is 0.298 e. The van der Waals surface area contributed by atoms with E-state index in [4.69, 9.17) is 9.84 Å². The minimum Gasteiger partial charge on any atom is -0.494 e. The van der Waals surface area contributed by atoms with E-state index < -0.39 is 5.91 Å². The van der Waals surface area contributed by atoms with Gasteiger partial charge in [-0.05, 0) is 63.5 Å². The average molecular weight is 578 g/mol. The van der Waals surface area contributed by atoms with Crippen LogP contribution in [0.25, 0.3) is 0 Å². The van der Waals surface area contributed by atoms with E-state index in [9.17, 15) is 14.4 Å². The van der Waals surface area contributed by atoms with Crippen molar-refractivity contribution in [1.29, 1.82) is 0 Å². The van der Waals surface area contributed by atoms with Crippen LogP contribution in [0, 0.1) is 0 Å². The van der Waals surface area contributed by atoms with Crippen LogP contribution in [0.3, 0.4) is 0 Å². The lowest BCUT2D eigenvalue weighted by molar-refractivity contribution is -0.129. The number of carbonyl (C=O) groups is 3. The number of ketones is 1. The Hall–Kier alpha value is -5.01. The molecule has 42 heavy (non-hydrogen) atoms. The fraction of sp³-hybridized carbons (Fsp3) is 0.276. The zero-order valence-corrected chi connectivity index (χ0v) is 23.8. The van der Waals surface area contributed by atoms with Crippen LogP contribution in [0.15, 0.2) is 61.0 Å². The third-order valence-electron chi connectivity index (χ3n) is 5.85. The lowest BCUT2D eigenvalue weighted by atomic mass is 10.1. The summed E-state index contributed by atoms with van der Waals surface area (Å²) in [6, 6.07) is 11.6. The molecule has 0 aliphatic carbocycles. The Morgan fingerprint density at radius 3 is 2.48 bits per heavy atom. The molecule has 222 valence electrons. The predicted molar refractivity (Wildman–Crippen MR) is 160 cm³/mol. The van der Waals surface area contributed by atoms with Crippen molar-refractivity contribution in [3.8, 4) is 5.75 Å². The van der Waals surface area contributed by atoms with Gasteiger partial charge in [0.2, 0.25) is 11.7 Å². The fourth-order valence-electron chi connectivity index (χ4n) is 3.77. The Balaban J connectivity index is 1.87. The van der Waals surface area contributed by atoms with E-state index in [1.807, 2.05) is 14.1 Å². The highest BCUT2D eigenvalue weighted by atomic mass is 16.5. The molecule has 0 radical (unpaired) electrons. The van der Waals surface area contributed by atoms with Gasteiger partial charge in [-0.25, -0.2) is 9.97 Å². The van der Waals surface area contributed by atoms with Crippen molar-refractivity contribution in [2.24, 2.45) is 0 Å². The number of ether oxygens (including phenoxy) is 2. The van der Waals surface area contributed by atoms with Crippen LogP contribution in [-0.2, 0) is 14.3 Å². The van der Waals surface area contributed by atoms with E-state index in [0.717, 1.165) is 18.7 Å². The normalized spacial score (nSPS) is 10.5. The minimum absolute atomic E-state index is 0.00403. The molecule has 0 spiro atoms. The summed E-state index contributed by atoms with van der Waals surface area (Å²) in [5, 5.41) is 21.0. The molecule has 0 fully saturated rings. The van der Waals surface area contributed by atoms with Gasteiger partial charge in [-0.15, -0.1) is 0 Å². The predicted octanol–water partition coefficient (Wildman–Crippen LogP) is 2.85.